The van der Waals surface area contributed by atoms with Crippen LogP contribution in [0.3, 0.4) is 0 Å². The fourth-order valence-corrected chi connectivity index (χ4v) is 6.05. The summed E-state index contributed by atoms with van der Waals surface area (Å²) in [6, 6.07) is 20.2. The number of fused-ring (bicyclic) bond motifs is 1. The third-order valence-electron chi connectivity index (χ3n) is 8.64. The predicted octanol–water partition coefficient (Wildman–Crippen LogP) is 3.96. The lowest BCUT2D eigenvalue weighted by Crippen LogP contribution is -2.62. The van der Waals surface area contributed by atoms with Gasteiger partial charge in [-0.15, -0.1) is 0 Å². The van der Waals surface area contributed by atoms with E-state index in [1.165, 1.54) is 0 Å². The molecule has 4 rings (SSSR count). The van der Waals surface area contributed by atoms with E-state index in [0.717, 1.165) is 22.3 Å². The Kier molecular flexibility index (Phi) is 12.7. The van der Waals surface area contributed by atoms with E-state index in [1.54, 1.807) is 40.0 Å². The maximum absolute atomic E-state index is 14.2. The number of aliphatic hydroxyl groups excluding tert-OH is 2. The Bertz CT molecular complexity index is 1580. The van der Waals surface area contributed by atoms with Crippen molar-refractivity contribution in [1.82, 2.24) is 21.3 Å². The van der Waals surface area contributed by atoms with Crippen LogP contribution in [-0.2, 0) is 33.7 Å². The molecule has 3 aromatic rings. The average molecular weight is 689 g/mol. The molecule has 1 aliphatic rings. The average Bonchev–Trinajstić information content (AvgIpc) is 3.37. The van der Waals surface area contributed by atoms with Crippen molar-refractivity contribution < 1.29 is 34.1 Å². The van der Waals surface area contributed by atoms with Crippen molar-refractivity contribution in [1.29, 1.82) is 0 Å². The molecule has 1 aliphatic carbocycles. The Labute approximate surface area is 295 Å². The third kappa shape index (κ3) is 10.5. The minimum absolute atomic E-state index is 0.180. The minimum Gasteiger partial charge on any atom is -0.497 e. The van der Waals surface area contributed by atoms with Gasteiger partial charge in [-0.3, -0.25) is 14.9 Å². The van der Waals surface area contributed by atoms with Crippen LogP contribution >= 0.6 is 0 Å². The highest BCUT2D eigenvalue weighted by Gasteiger charge is 2.40. The van der Waals surface area contributed by atoms with Gasteiger partial charge >= 0.3 is 6.09 Å². The van der Waals surface area contributed by atoms with E-state index >= 15 is 0 Å². The molecule has 0 saturated carbocycles. The molecule has 0 bridgehead atoms. The number of alkyl carbamates (subject to hydrolysis) is 1. The van der Waals surface area contributed by atoms with Crippen LogP contribution < -0.4 is 26.0 Å². The van der Waals surface area contributed by atoms with Crippen molar-refractivity contribution in [2.24, 2.45) is 5.41 Å². The SMILES string of the molecule is COc1ccc(CN[C@@H](C(=O)NC2c3ccccc3CC2O)[C@H](O)[C@H](Cc2ccccc2)NC(=O)[C@@H](NC(=O)OC(C)(C)C)C(C)(C)C)cc1. The van der Waals surface area contributed by atoms with E-state index in [1.807, 2.05) is 87.5 Å². The molecular formula is C39H52N4O7. The number of benzene rings is 3. The van der Waals surface area contributed by atoms with Crippen molar-refractivity contribution in [2.75, 3.05) is 7.11 Å². The topological polar surface area (TPSA) is 158 Å². The second-order valence-electron chi connectivity index (χ2n) is 14.9. The van der Waals surface area contributed by atoms with Gasteiger partial charge in [0.15, 0.2) is 0 Å². The lowest BCUT2D eigenvalue weighted by Gasteiger charge is -2.35. The van der Waals surface area contributed by atoms with Crippen molar-refractivity contribution >= 4 is 17.9 Å². The summed E-state index contributed by atoms with van der Waals surface area (Å²) in [5.74, 6) is -0.410. The van der Waals surface area contributed by atoms with Crippen LogP contribution in [0.1, 0.15) is 69.8 Å². The van der Waals surface area contributed by atoms with Crippen LogP contribution in [0.5, 0.6) is 5.75 Å². The molecule has 6 N–H and O–H groups in total. The molecule has 0 aromatic heterocycles. The van der Waals surface area contributed by atoms with Gasteiger partial charge in [0.1, 0.15) is 23.4 Å². The van der Waals surface area contributed by atoms with Gasteiger partial charge in [-0.05, 0) is 67.0 Å². The Balaban J connectivity index is 1.65. The summed E-state index contributed by atoms with van der Waals surface area (Å²) in [7, 11) is 1.58. The van der Waals surface area contributed by atoms with Gasteiger partial charge in [0.2, 0.25) is 11.8 Å². The first kappa shape index (κ1) is 38.4. The van der Waals surface area contributed by atoms with Gasteiger partial charge < -0.3 is 35.6 Å². The highest BCUT2D eigenvalue weighted by Crippen LogP contribution is 2.31. The van der Waals surface area contributed by atoms with E-state index in [9.17, 15) is 24.6 Å². The second-order valence-corrected chi connectivity index (χ2v) is 14.9. The Hall–Kier alpha value is -4.45. The Morgan fingerprint density at radius 2 is 1.48 bits per heavy atom. The van der Waals surface area contributed by atoms with Crippen molar-refractivity contribution in [3.63, 3.8) is 0 Å². The quantitative estimate of drug-likeness (QED) is 0.158. The van der Waals surface area contributed by atoms with E-state index in [4.69, 9.17) is 9.47 Å². The molecule has 0 fully saturated rings. The van der Waals surface area contributed by atoms with Gasteiger partial charge in [-0.2, -0.15) is 0 Å². The molecule has 3 aromatic carbocycles. The molecule has 0 saturated heterocycles. The molecule has 11 heteroatoms. The number of nitrogens with one attached hydrogen (secondary N) is 4. The summed E-state index contributed by atoms with van der Waals surface area (Å²) in [5.41, 5.74) is 1.89. The number of rotatable bonds is 13. The second kappa shape index (κ2) is 16.5. The maximum atomic E-state index is 14.2. The summed E-state index contributed by atoms with van der Waals surface area (Å²) >= 11 is 0. The Morgan fingerprint density at radius 3 is 2.10 bits per heavy atom. The van der Waals surface area contributed by atoms with Gasteiger partial charge in [0, 0.05) is 13.0 Å². The van der Waals surface area contributed by atoms with Crippen LogP contribution in [0, 0.1) is 5.41 Å². The number of hydrogen-bond acceptors (Lipinski definition) is 8. The number of carbonyl (C=O) groups excluding carboxylic acids is 3. The molecule has 11 nitrogen and oxygen atoms in total. The molecule has 270 valence electrons. The first-order valence-corrected chi connectivity index (χ1v) is 17.0. The zero-order valence-corrected chi connectivity index (χ0v) is 30.0. The van der Waals surface area contributed by atoms with Crippen molar-refractivity contribution in [3.8, 4) is 5.75 Å². The number of methoxy groups -OCH3 is 1. The molecule has 6 atom stereocenters. The van der Waals surface area contributed by atoms with Crippen LogP contribution in [0.15, 0.2) is 78.9 Å². The number of carbonyl (C=O) groups is 3. The van der Waals surface area contributed by atoms with E-state index in [0.29, 0.717) is 12.2 Å². The molecule has 0 aliphatic heterocycles. The molecule has 3 amide bonds. The molecule has 0 spiro atoms. The molecular weight excluding hydrogens is 636 g/mol. The zero-order chi connectivity index (χ0) is 36.6. The van der Waals surface area contributed by atoms with Crippen molar-refractivity contribution in [2.45, 2.75) is 103 Å². The summed E-state index contributed by atoms with van der Waals surface area (Å²) in [6.45, 7) is 10.9. The fourth-order valence-electron chi connectivity index (χ4n) is 6.05. The van der Waals surface area contributed by atoms with E-state index in [2.05, 4.69) is 21.3 Å². The first-order valence-electron chi connectivity index (χ1n) is 17.0. The number of aliphatic hydroxyl groups is 2. The molecule has 50 heavy (non-hydrogen) atoms. The van der Waals surface area contributed by atoms with Gasteiger partial charge in [-0.25, -0.2) is 4.79 Å². The normalized spacial score (nSPS) is 18.2. The van der Waals surface area contributed by atoms with Crippen LogP contribution in [0.4, 0.5) is 4.79 Å². The summed E-state index contributed by atoms with van der Waals surface area (Å²) in [4.78, 5) is 41.0. The number of amides is 3. The van der Waals surface area contributed by atoms with Crippen molar-refractivity contribution in [3.05, 3.63) is 101 Å². The summed E-state index contributed by atoms with van der Waals surface area (Å²) in [5, 5.41) is 34.9. The minimum atomic E-state index is -1.45. The summed E-state index contributed by atoms with van der Waals surface area (Å²) < 4.78 is 10.7. The van der Waals surface area contributed by atoms with Crippen LogP contribution in [0.25, 0.3) is 0 Å². The standard InChI is InChI=1S/C39H52N4O7/c1-38(2,3)34(43-37(48)50-39(4,5)6)36(47)41-29(21-24-13-9-8-10-14-24)33(45)32(40-23-25-17-19-27(49-7)20-18-25)35(46)42-31-28-16-12-11-15-26(28)22-30(31)44/h8-20,29-34,40,44-45H,21-23H2,1-7H3,(H,41,47)(H,42,46)(H,43,48)/t29-,30?,31?,32+,33+,34+/m0/s1. The lowest BCUT2D eigenvalue weighted by molar-refractivity contribution is -0.131. The third-order valence-corrected chi connectivity index (χ3v) is 8.64. The van der Waals surface area contributed by atoms with Crippen LogP contribution in [-0.4, -0.2) is 71.2 Å². The van der Waals surface area contributed by atoms with Crippen LogP contribution in [0.2, 0.25) is 0 Å². The first-order chi connectivity index (χ1) is 23.6. The molecule has 0 heterocycles. The fraction of sp³-hybridized carbons (Fsp3) is 0.462. The monoisotopic (exact) mass is 688 g/mol. The van der Waals surface area contributed by atoms with Gasteiger partial charge in [-0.1, -0.05) is 87.5 Å². The highest BCUT2D eigenvalue weighted by molar-refractivity contribution is 5.87. The predicted molar refractivity (Wildman–Crippen MR) is 191 cm³/mol. The van der Waals surface area contributed by atoms with Gasteiger partial charge in [0.05, 0.1) is 31.4 Å². The highest BCUT2D eigenvalue weighted by atomic mass is 16.6. The Morgan fingerprint density at radius 1 is 0.840 bits per heavy atom. The summed E-state index contributed by atoms with van der Waals surface area (Å²) in [6.07, 6.45) is -2.48. The smallest absolute Gasteiger partial charge is 0.408 e. The lowest BCUT2D eigenvalue weighted by atomic mass is 9.85. The van der Waals surface area contributed by atoms with E-state index in [-0.39, 0.29) is 13.0 Å². The molecule has 0 radical (unpaired) electrons. The largest absolute Gasteiger partial charge is 0.497 e. The van der Waals surface area contributed by atoms with E-state index < -0.39 is 65.3 Å². The number of hydrogen-bond donors (Lipinski definition) is 6. The maximum Gasteiger partial charge on any atom is 0.408 e. The number of ether oxygens (including phenoxy) is 2. The van der Waals surface area contributed by atoms with Gasteiger partial charge in [0.25, 0.3) is 0 Å². The molecule has 2 unspecified atom stereocenters. The zero-order valence-electron chi connectivity index (χ0n) is 30.0.